The molecule has 32 heavy (non-hydrogen) atoms. The molecular formula is C24H31ClN6O. The van der Waals surface area contributed by atoms with E-state index in [0.717, 1.165) is 61.2 Å². The molecule has 1 amide bonds. The predicted molar refractivity (Wildman–Crippen MR) is 129 cm³/mol. The van der Waals surface area contributed by atoms with Gasteiger partial charge >= 0.3 is 0 Å². The highest BCUT2D eigenvalue weighted by atomic mass is 35.5. The fourth-order valence-electron chi connectivity index (χ4n) is 4.41. The number of fused-ring (bicyclic) bond motifs is 1. The minimum atomic E-state index is -0.0178. The van der Waals surface area contributed by atoms with Crippen molar-refractivity contribution in [3.63, 3.8) is 0 Å². The van der Waals surface area contributed by atoms with E-state index in [1.54, 1.807) is 6.20 Å². The van der Waals surface area contributed by atoms with Crippen LogP contribution in [0, 0.1) is 0 Å². The third-order valence-electron chi connectivity index (χ3n) is 6.20. The maximum Gasteiger partial charge on any atom is 0.223 e. The molecule has 1 saturated heterocycles. The molecule has 0 saturated carbocycles. The number of halogens is 1. The number of allylic oxidation sites excluding steroid dienone is 3. The first-order chi connectivity index (χ1) is 15.6. The van der Waals surface area contributed by atoms with Crippen LogP contribution in [0.2, 0.25) is 0 Å². The number of rotatable bonds is 8. The molecule has 7 nitrogen and oxygen atoms in total. The van der Waals surface area contributed by atoms with Crippen LogP contribution in [0.15, 0.2) is 47.9 Å². The zero-order valence-corrected chi connectivity index (χ0v) is 19.3. The number of likely N-dealkylation sites (tertiary alicyclic amines) is 1. The lowest BCUT2D eigenvalue weighted by Gasteiger charge is -2.36. The summed E-state index contributed by atoms with van der Waals surface area (Å²) in [5, 5.41) is 10.7. The Bertz CT molecular complexity index is 969. The van der Waals surface area contributed by atoms with E-state index >= 15 is 0 Å². The molecule has 0 aliphatic carbocycles. The zero-order valence-electron chi connectivity index (χ0n) is 18.5. The van der Waals surface area contributed by atoms with Gasteiger partial charge in [0.25, 0.3) is 0 Å². The van der Waals surface area contributed by atoms with Gasteiger partial charge in [0.15, 0.2) is 5.82 Å². The maximum atomic E-state index is 12.7. The Morgan fingerprint density at radius 2 is 2.22 bits per heavy atom. The van der Waals surface area contributed by atoms with E-state index in [4.69, 9.17) is 16.6 Å². The van der Waals surface area contributed by atoms with Crippen LogP contribution >= 0.6 is 11.6 Å². The molecule has 4 heterocycles. The minimum absolute atomic E-state index is 0.0178. The fourth-order valence-corrected chi connectivity index (χ4v) is 4.59. The second-order valence-electron chi connectivity index (χ2n) is 8.32. The number of piperidine rings is 1. The summed E-state index contributed by atoms with van der Waals surface area (Å²) in [5.41, 5.74) is 3.02. The summed E-state index contributed by atoms with van der Waals surface area (Å²) < 4.78 is 0. The van der Waals surface area contributed by atoms with Crippen LogP contribution in [0.4, 0.5) is 5.82 Å². The number of aromatic nitrogens is 2. The van der Waals surface area contributed by atoms with E-state index in [9.17, 15) is 4.79 Å². The monoisotopic (exact) mass is 454 g/mol. The average molecular weight is 455 g/mol. The Morgan fingerprint density at radius 3 is 3.03 bits per heavy atom. The molecule has 170 valence electrons. The molecule has 3 aliphatic heterocycles. The average Bonchev–Trinajstić information content (AvgIpc) is 3.24. The zero-order chi connectivity index (χ0) is 22.5. The highest BCUT2D eigenvalue weighted by Crippen LogP contribution is 2.31. The number of hydrogen-bond donors (Lipinski definition) is 3. The molecule has 1 aromatic heterocycles. The lowest BCUT2D eigenvalue weighted by atomic mass is 10.0. The van der Waals surface area contributed by atoms with Crippen LogP contribution in [0.25, 0.3) is 5.57 Å². The normalized spacial score (nSPS) is 22.1. The number of aryl methyl sites for hydroxylation is 1. The van der Waals surface area contributed by atoms with Gasteiger partial charge in [-0.3, -0.25) is 4.79 Å². The van der Waals surface area contributed by atoms with E-state index in [-0.39, 0.29) is 18.1 Å². The van der Waals surface area contributed by atoms with E-state index in [1.165, 1.54) is 0 Å². The number of carbonyl (C=O) groups is 1. The molecular weight excluding hydrogens is 424 g/mol. The molecule has 0 spiro atoms. The summed E-state index contributed by atoms with van der Waals surface area (Å²) in [7, 11) is 0. The molecule has 1 unspecified atom stereocenters. The third-order valence-corrected chi connectivity index (χ3v) is 6.42. The fraction of sp³-hybridized carbons (Fsp3) is 0.458. The van der Waals surface area contributed by atoms with Crippen molar-refractivity contribution in [2.45, 2.75) is 57.7 Å². The number of nitrogens with zero attached hydrogens (tertiary/aromatic N) is 3. The van der Waals surface area contributed by atoms with Gasteiger partial charge in [0.05, 0.1) is 5.03 Å². The number of anilines is 1. The molecule has 8 heteroatoms. The molecule has 1 fully saturated rings. The maximum absolute atomic E-state index is 12.7. The van der Waals surface area contributed by atoms with Gasteiger partial charge in [-0.2, -0.15) is 0 Å². The highest BCUT2D eigenvalue weighted by molar-refractivity contribution is 6.31. The Morgan fingerprint density at radius 1 is 1.38 bits per heavy atom. The molecule has 2 atom stereocenters. The third kappa shape index (κ3) is 4.83. The van der Waals surface area contributed by atoms with E-state index in [2.05, 4.69) is 34.4 Å². The first kappa shape index (κ1) is 22.4. The van der Waals surface area contributed by atoms with Crippen LogP contribution in [0.5, 0.6) is 0 Å². The van der Waals surface area contributed by atoms with Gasteiger partial charge < -0.3 is 20.9 Å². The van der Waals surface area contributed by atoms with Gasteiger partial charge in [0.2, 0.25) is 5.91 Å². The Labute approximate surface area is 194 Å². The lowest BCUT2D eigenvalue weighted by Crippen LogP contribution is -2.47. The molecule has 3 aliphatic rings. The van der Waals surface area contributed by atoms with Crippen molar-refractivity contribution in [1.82, 2.24) is 25.5 Å². The molecule has 4 rings (SSSR count). The van der Waals surface area contributed by atoms with Crippen molar-refractivity contribution in [3.05, 3.63) is 59.3 Å². The van der Waals surface area contributed by atoms with E-state index < -0.39 is 0 Å². The van der Waals surface area contributed by atoms with E-state index in [1.807, 2.05) is 29.4 Å². The first-order valence-corrected chi connectivity index (χ1v) is 11.8. The number of dihydropyridines is 1. The van der Waals surface area contributed by atoms with Gasteiger partial charge in [0, 0.05) is 60.9 Å². The second-order valence-corrected chi connectivity index (χ2v) is 8.76. The topological polar surface area (TPSA) is 82.2 Å². The van der Waals surface area contributed by atoms with Crippen molar-refractivity contribution in [3.8, 4) is 0 Å². The summed E-state index contributed by atoms with van der Waals surface area (Å²) in [6, 6.07) is 0.176. The number of nitrogens with one attached hydrogen (secondary N) is 3. The first-order valence-electron chi connectivity index (χ1n) is 11.4. The summed E-state index contributed by atoms with van der Waals surface area (Å²) in [6.07, 6.45) is 14.6. The number of carbonyl (C=O) groups excluding carboxylic acids is 1. The van der Waals surface area contributed by atoms with Crippen molar-refractivity contribution in [2.75, 3.05) is 18.4 Å². The van der Waals surface area contributed by atoms with Crippen LogP contribution < -0.4 is 16.0 Å². The highest BCUT2D eigenvalue weighted by Gasteiger charge is 2.29. The molecule has 0 aromatic carbocycles. The Kier molecular flexibility index (Phi) is 7.15. The summed E-state index contributed by atoms with van der Waals surface area (Å²) in [4.78, 5) is 24.2. The summed E-state index contributed by atoms with van der Waals surface area (Å²) in [5.74, 6) is 1.70. The van der Waals surface area contributed by atoms with Gasteiger partial charge in [-0.05, 0) is 38.2 Å². The van der Waals surface area contributed by atoms with Crippen molar-refractivity contribution in [2.24, 2.45) is 0 Å². The number of hydrogen-bond acceptors (Lipinski definition) is 6. The minimum Gasteiger partial charge on any atom is -0.368 e. The summed E-state index contributed by atoms with van der Waals surface area (Å²) >= 11 is 6.20. The standard InChI is InChI=1S/C24H31ClN6O/c1-3-5-9-21(32)31-10-7-6-8-18(31)14-28-22-16(4-2)12-26-24(30-22)20-15-29-23-19(20)11-17(25)13-27-23/h3,11-13,15,18,23,27,29H,1,4-10,14H2,2H3,(H,26,28,30)/t18-,23?/m1/s1. The molecule has 1 aromatic rings. The van der Waals surface area contributed by atoms with Crippen LogP contribution in [0.1, 0.15) is 50.4 Å². The van der Waals surface area contributed by atoms with Crippen molar-refractivity contribution >= 4 is 28.9 Å². The quantitative estimate of drug-likeness (QED) is 0.520. The molecule has 0 radical (unpaired) electrons. The van der Waals surface area contributed by atoms with E-state index in [0.29, 0.717) is 23.8 Å². The smallest absolute Gasteiger partial charge is 0.223 e. The molecule has 0 bridgehead atoms. The van der Waals surface area contributed by atoms with Crippen LogP contribution in [0.3, 0.4) is 0 Å². The lowest BCUT2D eigenvalue weighted by molar-refractivity contribution is -0.134. The van der Waals surface area contributed by atoms with Crippen molar-refractivity contribution < 1.29 is 4.79 Å². The summed E-state index contributed by atoms with van der Waals surface area (Å²) in [6.45, 7) is 7.34. The van der Waals surface area contributed by atoms with Gasteiger partial charge in [0.1, 0.15) is 12.0 Å². The second kappa shape index (κ2) is 10.2. The molecule has 3 N–H and O–H groups in total. The van der Waals surface area contributed by atoms with Gasteiger partial charge in [-0.25, -0.2) is 9.97 Å². The van der Waals surface area contributed by atoms with Gasteiger partial charge in [-0.1, -0.05) is 24.6 Å². The predicted octanol–water partition coefficient (Wildman–Crippen LogP) is 3.68. The SMILES string of the molecule is C=CCCC(=O)N1CCCC[C@@H]1CNc1nc(C2=CNC3NC=C(Cl)C=C23)ncc1CC. The van der Waals surface area contributed by atoms with Crippen LogP contribution in [-0.4, -0.2) is 46.1 Å². The van der Waals surface area contributed by atoms with Gasteiger partial charge in [-0.15, -0.1) is 6.58 Å². The Balaban J connectivity index is 1.50. The van der Waals surface area contributed by atoms with Crippen molar-refractivity contribution in [1.29, 1.82) is 0 Å². The Hall–Kier alpha value is -2.80. The largest absolute Gasteiger partial charge is 0.368 e. The number of amides is 1. The van der Waals surface area contributed by atoms with Crippen LogP contribution in [-0.2, 0) is 11.2 Å².